The summed E-state index contributed by atoms with van der Waals surface area (Å²) in [4.78, 5) is 4.39. The molecule has 0 aliphatic carbocycles. The molecule has 0 unspecified atom stereocenters. The third-order valence-electron chi connectivity index (χ3n) is 3.66. The van der Waals surface area contributed by atoms with Crippen molar-refractivity contribution in [3.8, 4) is 34.2 Å². The zero-order chi connectivity index (χ0) is 17.1. The number of methoxy groups -OCH3 is 1. The number of benzene rings is 2. The second kappa shape index (κ2) is 6.73. The van der Waals surface area contributed by atoms with Crippen LogP contribution in [0.4, 0.5) is 5.82 Å². The molecule has 24 heavy (non-hydrogen) atoms. The molecule has 3 rings (SSSR count). The second-order valence-electron chi connectivity index (χ2n) is 5.17. The van der Waals surface area contributed by atoms with Crippen molar-refractivity contribution in [1.82, 2.24) is 4.98 Å². The van der Waals surface area contributed by atoms with Crippen LogP contribution < -0.4 is 10.5 Å². The number of rotatable bonds is 3. The molecule has 0 radical (unpaired) electrons. The van der Waals surface area contributed by atoms with Crippen LogP contribution in [0.5, 0.6) is 5.75 Å². The van der Waals surface area contributed by atoms with Crippen LogP contribution in [0.1, 0.15) is 5.56 Å². The first kappa shape index (κ1) is 16.0. The Kier molecular flexibility index (Phi) is 4.50. The second-order valence-corrected chi connectivity index (χ2v) is 6.09. The molecular weight excluding hydrogens is 366 g/mol. The van der Waals surface area contributed by atoms with Gasteiger partial charge in [-0.25, -0.2) is 4.98 Å². The fourth-order valence-electron chi connectivity index (χ4n) is 2.50. The van der Waals surface area contributed by atoms with Gasteiger partial charge in [-0.05, 0) is 35.9 Å². The molecule has 0 aliphatic heterocycles. The van der Waals surface area contributed by atoms with Gasteiger partial charge < -0.3 is 10.5 Å². The quantitative estimate of drug-likeness (QED) is 0.719. The summed E-state index contributed by atoms with van der Waals surface area (Å²) >= 11 is 3.46. The lowest BCUT2D eigenvalue weighted by Gasteiger charge is -2.11. The van der Waals surface area contributed by atoms with Gasteiger partial charge in [0.1, 0.15) is 23.2 Å². The summed E-state index contributed by atoms with van der Waals surface area (Å²) in [6, 6.07) is 19.4. The molecule has 5 heteroatoms. The van der Waals surface area contributed by atoms with Crippen LogP contribution in [-0.4, -0.2) is 12.1 Å². The van der Waals surface area contributed by atoms with Gasteiger partial charge in [0.25, 0.3) is 0 Å². The van der Waals surface area contributed by atoms with Crippen molar-refractivity contribution in [1.29, 1.82) is 5.26 Å². The van der Waals surface area contributed by atoms with E-state index in [0.717, 1.165) is 26.9 Å². The highest BCUT2D eigenvalue weighted by Crippen LogP contribution is 2.33. The van der Waals surface area contributed by atoms with Gasteiger partial charge in [-0.3, -0.25) is 0 Å². The minimum absolute atomic E-state index is 0.216. The SMILES string of the molecule is COc1cccc(-c2cc(-c3cccc(Br)c3)nc(N)c2C#N)c1. The number of hydrogen-bond acceptors (Lipinski definition) is 4. The third-order valence-corrected chi connectivity index (χ3v) is 4.15. The van der Waals surface area contributed by atoms with E-state index in [2.05, 4.69) is 27.0 Å². The number of aromatic nitrogens is 1. The van der Waals surface area contributed by atoms with Gasteiger partial charge in [-0.1, -0.05) is 40.2 Å². The number of halogens is 1. The highest BCUT2D eigenvalue weighted by molar-refractivity contribution is 9.10. The number of pyridine rings is 1. The van der Waals surface area contributed by atoms with E-state index in [4.69, 9.17) is 10.5 Å². The predicted octanol–water partition coefficient (Wildman–Crippen LogP) is 4.64. The lowest BCUT2D eigenvalue weighted by atomic mass is 9.98. The largest absolute Gasteiger partial charge is 0.497 e. The zero-order valence-electron chi connectivity index (χ0n) is 13.0. The Balaban J connectivity index is 2.22. The van der Waals surface area contributed by atoms with E-state index in [0.29, 0.717) is 11.3 Å². The molecule has 0 atom stereocenters. The van der Waals surface area contributed by atoms with Gasteiger partial charge in [-0.2, -0.15) is 5.26 Å². The number of nitrogen functional groups attached to an aromatic ring is 1. The van der Waals surface area contributed by atoms with Crippen molar-refractivity contribution in [3.63, 3.8) is 0 Å². The normalized spacial score (nSPS) is 10.2. The van der Waals surface area contributed by atoms with Crippen LogP contribution in [0.15, 0.2) is 59.1 Å². The molecule has 118 valence electrons. The number of nitriles is 1. The minimum Gasteiger partial charge on any atom is -0.497 e. The smallest absolute Gasteiger partial charge is 0.142 e. The predicted molar refractivity (Wildman–Crippen MR) is 98.5 cm³/mol. The molecule has 3 aromatic rings. The van der Waals surface area contributed by atoms with E-state index in [-0.39, 0.29) is 5.82 Å². The van der Waals surface area contributed by atoms with Crippen LogP contribution in [-0.2, 0) is 0 Å². The molecule has 1 heterocycles. The Bertz CT molecular complexity index is 948. The van der Waals surface area contributed by atoms with E-state index >= 15 is 0 Å². The number of ether oxygens (including phenoxy) is 1. The third kappa shape index (κ3) is 3.10. The molecule has 4 nitrogen and oxygen atoms in total. The number of anilines is 1. The number of nitrogens with two attached hydrogens (primary N) is 1. The minimum atomic E-state index is 0.216. The van der Waals surface area contributed by atoms with Crippen LogP contribution in [0.25, 0.3) is 22.4 Å². The van der Waals surface area contributed by atoms with E-state index in [1.165, 1.54) is 0 Å². The molecular formula is C19H14BrN3O. The first-order valence-corrected chi connectivity index (χ1v) is 8.02. The first-order valence-electron chi connectivity index (χ1n) is 7.23. The van der Waals surface area contributed by atoms with Crippen LogP contribution >= 0.6 is 15.9 Å². The van der Waals surface area contributed by atoms with Gasteiger partial charge in [-0.15, -0.1) is 0 Å². The van der Waals surface area contributed by atoms with E-state index in [9.17, 15) is 5.26 Å². The monoisotopic (exact) mass is 379 g/mol. The summed E-state index contributed by atoms with van der Waals surface area (Å²) < 4.78 is 6.23. The fraction of sp³-hybridized carbons (Fsp3) is 0.0526. The summed E-state index contributed by atoms with van der Waals surface area (Å²) in [5.41, 5.74) is 9.63. The summed E-state index contributed by atoms with van der Waals surface area (Å²) in [5.74, 6) is 0.934. The standard InChI is InChI=1S/C19H14BrN3O/c1-24-15-7-3-4-12(9-15)16-10-18(23-19(22)17(16)11-21)13-5-2-6-14(20)8-13/h2-10H,1H3,(H2,22,23). The summed E-state index contributed by atoms with van der Waals surface area (Å²) in [7, 11) is 1.61. The molecule has 0 spiro atoms. The van der Waals surface area contributed by atoms with Crippen molar-refractivity contribution in [2.45, 2.75) is 0 Å². The molecule has 0 saturated heterocycles. The lowest BCUT2D eigenvalue weighted by Crippen LogP contribution is -2.00. The van der Waals surface area contributed by atoms with Crippen LogP contribution in [0, 0.1) is 11.3 Å². The Morgan fingerprint density at radius 1 is 1.08 bits per heavy atom. The van der Waals surface area contributed by atoms with Crippen molar-refractivity contribution in [3.05, 3.63) is 64.6 Å². The van der Waals surface area contributed by atoms with Gasteiger partial charge in [0, 0.05) is 15.6 Å². The summed E-state index contributed by atoms with van der Waals surface area (Å²) in [6.45, 7) is 0. The van der Waals surface area contributed by atoms with Crippen molar-refractivity contribution < 1.29 is 4.74 Å². The fourth-order valence-corrected chi connectivity index (χ4v) is 2.90. The number of hydrogen-bond donors (Lipinski definition) is 1. The Morgan fingerprint density at radius 2 is 1.83 bits per heavy atom. The topological polar surface area (TPSA) is 71.9 Å². The van der Waals surface area contributed by atoms with E-state index < -0.39 is 0 Å². The van der Waals surface area contributed by atoms with Crippen LogP contribution in [0.2, 0.25) is 0 Å². The Hall–Kier alpha value is -2.84. The molecule has 0 aliphatic rings. The first-order chi connectivity index (χ1) is 11.6. The maximum Gasteiger partial charge on any atom is 0.142 e. The van der Waals surface area contributed by atoms with Crippen molar-refractivity contribution in [2.24, 2.45) is 0 Å². The Morgan fingerprint density at radius 3 is 2.54 bits per heavy atom. The van der Waals surface area contributed by atoms with E-state index in [1.807, 2.05) is 54.6 Å². The average Bonchev–Trinajstić information content (AvgIpc) is 2.61. The number of nitrogens with zero attached hydrogens (tertiary/aromatic N) is 2. The molecule has 1 aromatic heterocycles. The lowest BCUT2D eigenvalue weighted by molar-refractivity contribution is 0.415. The zero-order valence-corrected chi connectivity index (χ0v) is 14.5. The van der Waals surface area contributed by atoms with Gasteiger partial charge in [0.15, 0.2) is 0 Å². The van der Waals surface area contributed by atoms with E-state index in [1.54, 1.807) is 7.11 Å². The molecule has 0 saturated carbocycles. The molecule has 0 amide bonds. The summed E-state index contributed by atoms with van der Waals surface area (Å²) in [5, 5.41) is 9.48. The van der Waals surface area contributed by atoms with Crippen molar-refractivity contribution in [2.75, 3.05) is 12.8 Å². The van der Waals surface area contributed by atoms with Gasteiger partial charge in [0.05, 0.1) is 12.8 Å². The molecule has 2 N–H and O–H groups in total. The molecule has 0 fully saturated rings. The van der Waals surface area contributed by atoms with Gasteiger partial charge in [0.2, 0.25) is 0 Å². The Labute approximate surface area is 148 Å². The molecule has 2 aromatic carbocycles. The molecule has 0 bridgehead atoms. The maximum atomic E-state index is 9.48. The average molecular weight is 380 g/mol. The van der Waals surface area contributed by atoms with Crippen LogP contribution in [0.3, 0.4) is 0 Å². The maximum absolute atomic E-state index is 9.48. The highest BCUT2D eigenvalue weighted by Gasteiger charge is 2.14. The highest BCUT2D eigenvalue weighted by atomic mass is 79.9. The van der Waals surface area contributed by atoms with Crippen molar-refractivity contribution >= 4 is 21.7 Å². The van der Waals surface area contributed by atoms with Gasteiger partial charge >= 0.3 is 0 Å². The summed E-state index contributed by atoms with van der Waals surface area (Å²) in [6.07, 6.45) is 0.